The fraction of sp³-hybridized carbons (Fsp3) is 1.00. The normalized spacial score (nSPS) is 26.3. The van der Waals surface area contributed by atoms with E-state index in [2.05, 4.69) is 9.80 Å². The van der Waals surface area contributed by atoms with Crippen LogP contribution in [0.3, 0.4) is 0 Å². The minimum atomic E-state index is 0.0530. The minimum Gasteiger partial charge on any atom is -0.396 e. The van der Waals surface area contributed by atoms with Gasteiger partial charge in [0.1, 0.15) is 0 Å². The predicted octanol–water partition coefficient (Wildman–Crippen LogP) is -0.615. The average molecular weight is 258 g/mol. The van der Waals surface area contributed by atoms with Gasteiger partial charge in [-0.15, -0.1) is 0 Å². The van der Waals surface area contributed by atoms with E-state index >= 15 is 0 Å². The van der Waals surface area contributed by atoms with E-state index in [1.54, 1.807) is 0 Å². The van der Waals surface area contributed by atoms with Crippen molar-refractivity contribution in [1.29, 1.82) is 0 Å². The Bertz CT molecular complexity index is 236. The van der Waals surface area contributed by atoms with Gasteiger partial charge in [-0.25, -0.2) is 0 Å². The van der Waals surface area contributed by atoms with Crippen LogP contribution in [0.15, 0.2) is 0 Å². The number of hydrogen-bond donors (Lipinski definition) is 2. The molecule has 5 heteroatoms. The summed E-state index contributed by atoms with van der Waals surface area (Å²) in [4.78, 5) is 4.75. The molecule has 2 fully saturated rings. The van der Waals surface area contributed by atoms with Crippen LogP contribution in [0.1, 0.15) is 12.8 Å². The molecular formula is C13H26N2O3. The van der Waals surface area contributed by atoms with Crippen LogP contribution < -0.4 is 0 Å². The second-order valence-electron chi connectivity index (χ2n) is 5.61. The molecule has 2 aliphatic heterocycles. The van der Waals surface area contributed by atoms with E-state index in [0.29, 0.717) is 0 Å². The maximum Gasteiger partial charge on any atom is 0.0558 e. The average Bonchev–Trinajstić information content (AvgIpc) is 2.42. The molecule has 0 aromatic rings. The molecule has 2 saturated heterocycles. The van der Waals surface area contributed by atoms with Crippen LogP contribution in [0, 0.1) is 5.41 Å². The number of ether oxygens (including phenoxy) is 1. The van der Waals surface area contributed by atoms with Crippen LogP contribution in [-0.4, -0.2) is 85.7 Å². The van der Waals surface area contributed by atoms with Crippen molar-refractivity contribution in [3.05, 3.63) is 0 Å². The van der Waals surface area contributed by atoms with Gasteiger partial charge < -0.3 is 19.8 Å². The van der Waals surface area contributed by atoms with Gasteiger partial charge in [0.25, 0.3) is 0 Å². The lowest BCUT2D eigenvalue weighted by Gasteiger charge is -2.42. The molecule has 18 heavy (non-hydrogen) atoms. The first-order valence-corrected chi connectivity index (χ1v) is 7.02. The number of piperazine rings is 1. The van der Waals surface area contributed by atoms with Crippen molar-refractivity contribution in [1.82, 2.24) is 9.80 Å². The number of aliphatic hydroxyl groups is 2. The predicted molar refractivity (Wildman–Crippen MR) is 69.5 cm³/mol. The van der Waals surface area contributed by atoms with E-state index in [-0.39, 0.29) is 18.6 Å². The second kappa shape index (κ2) is 6.82. The van der Waals surface area contributed by atoms with Crippen molar-refractivity contribution in [2.24, 2.45) is 5.41 Å². The van der Waals surface area contributed by atoms with Gasteiger partial charge in [0.15, 0.2) is 0 Å². The van der Waals surface area contributed by atoms with Gasteiger partial charge in [-0.05, 0) is 12.8 Å². The fourth-order valence-electron chi connectivity index (χ4n) is 2.96. The lowest BCUT2D eigenvalue weighted by molar-refractivity contribution is -0.0407. The van der Waals surface area contributed by atoms with Gasteiger partial charge in [-0.1, -0.05) is 0 Å². The van der Waals surface area contributed by atoms with Crippen molar-refractivity contribution in [3.8, 4) is 0 Å². The highest BCUT2D eigenvalue weighted by atomic mass is 16.5. The standard InChI is InChI=1S/C13H26N2O3/c16-8-7-14-3-5-15(6-4-14)11-13(12-17)1-9-18-10-2-13/h16-17H,1-12H2. The molecule has 0 aromatic carbocycles. The van der Waals surface area contributed by atoms with Gasteiger partial charge in [-0.2, -0.15) is 0 Å². The van der Waals surface area contributed by atoms with Gasteiger partial charge in [0.2, 0.25) is 0 Å². The van der Waals surface area contributed by atoms with Crippen LogP contribution in [0.4, 0.5) is 0 Å². The molecule has 2 rings (SSSR count). The minimum absolute atomic E-state index is 0.0530. The molecule has 0 aromatic heterocycles. The molecule has 2 aliphatic rings. The summed E-state index contributed by atoms with van der Waals surface area (Å²) in [6.07, 6.45) is 1.95. The van der Waals surface area contributed by atoms with E-state index in [0.717, 1.165) is 65.3 Å². The first-order valence-electron chi connectivity index (χ1n) is 7.02. The molecule has 0 saturated carbocycles. The highest BCUT2D eigenvalue weighted by molar-refractivity contribution is 4.86. The maximum atomic E-state index is 9.68. The Kier molecular flexibility index (Phi) is 5.38. The van der Waals surface area contributed by atoms with Crippen LogP contribution in [-0.2, 0) is 4.74 Å². The van der Waals surface area contributed by atoms with Crippen LogP contribution >= 0.6 is 0 Å². The van der Waals surface area contributed by atoms with Gasteiger partial charge in [0, 0.05) is 57.9 Å². The Hall–Kier alpha value is -0.200. The quantitative estimate of drug-likeness (QED) is 0.689. The highest BCUT2D eigenvalue weighted by Crippen LogP contribution is 2.31. The molecule has 106 valence electrons. The first-order chi connectivity index (χ1) is 8.78. The monoisotopic (exact) mass is 258 g/mol. The maximum absolute atomic E-state index is 9.68. The molecule has 0 atom stereocenters. The van der Waals surface area contributed by atoms with Gasteiger partial charge >= 0.3 is 0 Å². The third kappa shape index (κ3) is 3.65. The summed E-state index contributed by atoms with van der Waals surface area (Å²) >= 11 is 0. The van der Waals surface area contributed by atoms with E-state index < -0.39 is 0 Å². The van der Waals surface area contributed by atoms with Crippen LogP contribution in [0.2, 0.25) is 0 Å². The number of nitrogens with zero attached hydrogens (tertiary/aromatic N) is 2. The second-order valence-corrected chi connectivity index (χ2v) is 5.61. The molecule has 0 unspecified atom stereocenters. The summed E-state index contributed by atoms with van der Waals surface area (Å²) < 4.78 is 5.40. The molecular weight excluding hydrogens is 232 g/mol. The largest absolute Gasteiger partial charge is 0.396 e. The zero-order chi connectivity index (χ0) is 12.8. The highest BCUT2D eigenvalue weighted by Gasteiger charge is 2.34. The van der Waals surface area contributed by atoms with E-state index in [4.69, 9.17) is 9.84 Å². The topological polar surface area (TPSA) is 56.2 Å². The van der Waals surface area contributed by atoms with E-state index in [9.17, 15) is 5.11 Å². The van der Waals surface area contributed by atoms with E-state index in [1.807, 2.05) is 0 Å². The Balaban J connectivity index is 1.79. The summed E-state index contributed by atoms with van der Waals surface area (Å²) in [6.45, 7) is 8.00. The number of β-amino-alcohol motifs (C(OH)–C–C–N with tert-alkyl or cyclic N) is 1. The lowest BCUT2D eigenvalue weighted by Crippen LogP contribution is -2.52. The smallest absolute Gasteiger partial charge is 0.0558 e. The Morgan fingerprint density at radius 3 is 2.11 bits per heavy atom. The zero-order valence-electron chi connectivity index (χ0n) is 11.2. The lowest BCUT2D eigenvalue weighted by atomic mass is 9.80. The number of rotatable bonds is 5. The molecule has 2 N–H and O–H groups in total. The molecule has 5 nitrogen and oxygen atoms in total. The number of aliphatic hydroxyl groups excluding tert-OH is 2. The molecule has 0 radical (unpaired) electrons. The van der Waals surface area contributed by atoms with Crippen molar-refractivity contribution >= 4 is 0 Å². The van der Waals surface area contributed by atoms with E-state index in [1.165, 1.54) is 0 Å². The van der Waals surface area contributed by atoms with Crippen LogP contribution in [0.5, 0.6) is 0 Å². The third-order valence-electron chi connectivity index (χ3n) is 4.33. The zero-order valence-corrected chi connectivity index (χ0v) is 11.2. The van der Waals surface area contributed by atoms with Gasteiger partial charge in [0.05, 0.1) is 13.2 Å². The molecule has 2 heterocycles. The summed E-state index contributed by atoms with van der Waals surface area (Å²) in [5, 5.41) is 18.6. The fourth-order valence-corrected chi connectivity index (χ4v) is 2.96. The van der Waals surface area contributed by atoms with Crippen molar-refractivity contribution in [3.63, 3.8) is 0 Å². The van der Waals surface area contributed by atoms with Gasteiger partial charge in [-0.3, -0.25) is 4.90 Å². The Morgan fingerprint density at radius 1 is 0.944 bits per heavy atom. The molecule has 0 bridgehead atoms. The summed E-state index contributed by atoms with van der Waals surface area (Å²) in [5.41, 5.74) is 0.0530. The van der Waals surface area contributed by atoms with Crippen LogP contribution in [0.25, 0.3) is 0 Å². The van der Waals surface area contributed by atoms with Crippen molar-refractivity contribution in [2.75, 3.05) is 65.7 Å². The first kappa shape index (κ1) is 14.2. The summed E-state index contributed by atoms with van der Waals surface area (Å²) in [6, 6.07) is 0. The molecule has 0 spiro atoms. The third-order valence-corrected chi connectivity index (χ3v) is 4.33. The van der Waals surface area contributed by atoms with Crippen molar-refractivity contribution in [2.45, 2.75) is 12.8 Å². The molecule has 0 amide bonds. The Labute approximate surface area is 109 Å². The summed E-state index contributed by atoms with van der Waals surface area (Å²) in [7, 11) is 0. The summed E-state index contributed by atoms with van der Waals surface area (Å²) in [5.74, 6) is 0. The molecule has 0 aliphatic carbocycles. The van der Waals surface area contributed by atoms with Crippen molar-refractivity contribution < 1.29 is 14.9 Å². The SMILES string of the molecule is OCCN1CCN(CC2(CO)CCOCC2)CC1. The Morgan fingerprint density at radius 2 is 1.56 bits per heavy atom. The number of hydrogen-bond acceptors (Lipinski definition) is 5.